The van der Waals surface area contributed by atoms with Gasteiger partial charge in [-0.05, 0) is 13.8 Å². The van der Waals surface area contributed by atoms with Crippen LogP contribution in [0.5, 0.6) is 6.01 Å². The maximum Gasteiger partial charge on any atom is 0.301 e. The minimum absolute atomic E-state index is 0.0852. The first-order valence-electron chi connectivity index (χ1n) is 6.92. The molecule has 0 unspecified atom stereocenters. The van der Waals surface area contributed by atoms with Crippen LogP contribution in [0.25, 0.3) is 11.2 Å². The lowest BCUT2D eigenvalue weighted by Gasteiger charge is -2.13. The molecule has 0 aliphatic rings. The van der Waals surface area contributed by atoms with E-state index in [0.29, 0.717) is 23.8 Å². The predicted molar refractivity (Wildman–Crippen MR) is 77.2 cm³/mol. The molecule has 1 atom stereocenters. The van der Waals surface area contributed by atoms with Crippen molar-refractivity contribution in [2.45, 2.75) is 26.0 Å². The van der Waals surface area contributed by atoms with Gasteiger partial charge >= 0.3 is 6.01 Å². The number of aromatic nitrogens is 4. The Morgan fingerprint density at radius 2 is 2.14 bits per heavy atom. The second-order valence-corrected chi connectivity index (χ2v) is 5.47. The zero-order valence-corrected chi connectivity index (χ0v) is 12.8. The molecule has 8 heteroatoms. The van der Waals surface area contributed by atoms with E-state index in [4.69, 9.17) is 4.74 Å². The summed E-state index contributed by atoms with van der Waals surface area (Å²) in [7, 11) is 3.33. The number of hydrogen-bond donors (Lipinski definition) is 2. The summed E-state index contributed by atoms with van der Waals surface area (Å²) in [5.41, 5.74) is 0.551. The van der Waals surface area contributed by atoms with E-state index < -0.39 is 6.10 Å². The van der Waals surface area contributed by atoms with Crippen LogP contribution in [-0.4, -0.2) is 49.5 Å². The molecule has 0 amide bonds. The summed E-state index contributed by atoms with van der Waals surface area (Å²) in [5.74, 6) is 0. The number of fused-ring (bicyclic) bond motifs is 1. The van der Waals surface area contributed by atoms with Gasteiger partial charge in [-0.1, -0.05) is 0 Å². The Morgan fingerprint density at radius 3 is 2.81 bits per heavy atom. The third-order valence-corrected chi connectivity index (χ3v) is 3.20. The lowest BCUT2D eigenvalue weighted by molar-refractivity contribution is -0.688. The summed E-state index contributed by atoms with van der Waals surface area (Å²) in [5, 5.41) is 11.9. The van der Waals surface area contributed by atoms with Crippen LogP contribution in [0, 0.1) is 0 Å². The van der Waals surface area contributed by atoms with Crippen molar-refractivity contribution in [1.29, 1.82) is 0 Å². The largest absolute Gasteiger partial charge is 0.462 e. The molecule has 2 heterocycles. The van der Waals surface area contributed by atoms with Crippen molar-refractivity contribution in [3.05, 3.63) is 16.7 Å². The number of aliphatic hydroxyl groups excluding tert-OH is 1. The highest BCUT2D eigenvalue weighted by Crippen LogP contribution is 2.09. The maximum absolute atomic E-state index is 12.2. The fourth-order valence-corrected chi connectivity index (χ4v) is 1.95. The zero-order valence-electron chi connectivity index (χ0n) is 12.8. The molecule has 8 nitrogen and oxygen atoms in total. The number of rotatable bonds is 6. The van der Waals surface area contributed by atoms with Gasteiger partial charge in [-0.25, -0.2) is 4.98 Å². The summed E-state index contributed by atoms with van der Waals surface area (Å²) in [6, 6.07) is 0.571. The number of nitrogens with two attached hydrogens (primary N) is 1. The number of ether oxygens (including phenoxy) is 1. The van der Waals surface area contributed by atoms with E-state index in [9.17, 15) is 9.90 Å². The molecule has 0 aliphatic heterocycles. The van der Waals surface area contributed by atoms with Crippen LogP contribution in [0.3, 0.4) is 0 Å². The van der Waals surface area contributed by atoms with Crippen LogP contribution in [0.4, 0.5) is 0 Å². The number of quaternary nitrogens is 1. The van der Waals surface area contributed by atoms with Crippen LogP contribution in [-0.2, 0) is 14.1 Å². The summed E-state index contributed by atoms with van der Waals surface area (Å²) in [6.45, 7) is 4.72. The van der Waals surface area contributed by atoms with E-state index in [-0.39, 0.29) is 18.2 Å². The van der Waals surface area contributed by atoms with E-state index in [2.05, 4.69) is 9.97 Å². The van der Waals surface area contributed by atoms with Crippen molar-refractivity contribution in [2.75, 3.05) is 13.2 Å². The first-order chi connectivity index (χ1) is 9.90. The van der Waals surface area contributed by atoms with E-state index in [1.807, 2.05) is 19.2 Å². The van der Waals surface area contributed by atoms with E-state index >= 15 is 0 Å². The number of nitrogens with zero attached hydrogens (tertiary/aromatic N) is 4. The Morgan fingerprint density at radius 1 is 1.43 bits per heavy atom. The van der Waals surface area contributed by atoms with Crippen LogP contribution >= 0.6 is 0 Å². The second kappa shape index (κ2) is 6.23. The van der Waals surface area contributed by atoms with Gasteiger partial charge < -0.3 is 19.7 Å². The smallest absolute Gasteiger partial charge is 0.301 e. The highest BCUT2D eigenvalue weighted by atomic mass is 16.5. The van der Waals surface area contributed by atoms with Gasteiger partial charge in [0.2, 0.25) is 0 Å². The molecule has 0 saturated carbocycles. The average Bonchev–Trinajstić information content (AvgIpc) is 2.80. The van der Waals surface area contributed by atoms with E-state index in [1.54, 1.807) is 18.7 Å². The fraction of sp³-hybridized carbons (Fsp3) is 0.615. The molecular weight excluding hydrogens is 274 g/mol. The molecule has 0 radical (unpaired) electrons. The standard InChI is InChI=1S/C13H21N5O3/c1-8(2)14-5-9(19)6-21-13-16-11-10(12(20)18(13)4)17(3)7-15-11/h7-9,14,19H,5-6H2,1-4H3/p+1/t9-/m0/s1. The molecule has 2 rings (SSSR count). The highest BCUT2D eigenvalue weighted by molar-refractivity contribution is 5.69. The molecule has 0 aromatic carbocycles. The van der Waals surface area contributed by atoms with E-state index in [1.165, 1.54) is 10.9 Å². The van der Waals surface area contributed by atoms with Crippen LogP contribution in [0.2, 0.25) is 0 Å². The summed E-state index contributed by atoms with van der Waals surface area (Å²) < 4.78 is 8.41. The van der Waals surface area contributed by atoms with Gasteiger partial charge in [0.15, 0.2) is 11.2 Å². The molecule has 116 valence electrons. The minimum Gasteiger partial charge on any atom is -0.462 e. The minimum atomic E-state index is -0.622. The Balaban J connectivity index is 2.12. The van der Waals surface area contributed by atoms with Gasteiger partial charge in [0.25, 0.3) is 5.56 Å². The Kier molecular flexibility index (Phi) is 4.59. The monoisotopic (exact) mass is 296 g/mol. The lowest BCUT2D eigenvalue weighted by Crippen LogP contribution is -2.90. The fourth-order valence-electron chi connectivity index (χ4n) is 1.95. The third kappa shape index (κ3) is 3.40. The van der Waals surface area contributed by atoms with Crippen molar-refractivity contribution < 1.29 is 15.2 Å². The second-order valence-electron chi connectivity index (χ2n) is 5.47. The molecule has 0 bridgehead atoms. The topological polar surface area (TPSA) is 98.8 Å². The van der Waals surface area contributed by atoms with Crippen molar-refractivity contribution in [3.8, 4) is 6.01 Å². The first-order valence-corrected chi connectivity index (χ1v) is 6.92. The third-order valence-electron chi connectivity index (χ3n) is 3.20. The van der Waals surface area contributed by atoms with Gasteiger partial charge in [0.05, 0.1) is 12.4 Å². The Bertz CT molecular complexity index is 676. The number of imidazole rings is 1. The summed E-state index contributed by atoms with van der Waals surface area (Å²) >= 11 is 0. The SMILES string of the molecule is CC(C)[NH2+]C[C@H](O)COc1nc2ncn(C)c2c(=O)n1C. The highest BCUT2D eigenvalue weighted by Gasteiger charge is 2.15. The van der Waals surface area contributed by atoms with Gasteiger partial charge in [0, 0.05) is 14.1 Å². The number of hydrogen-bond acceptors (Lipinski definition) is 5. The van der Waals surface area contributed by atoms with Crippen LogP contribution in [0.15, 0.2) is 11.1 Å². The average molecular weight is 296 g/mol. The van der Waals surface area contributed by atoms with Gasteiger partial charge in [-0.2, -0.15) is 4.98 Å². The zero-order chi connectivity index (χ0) is 15.6. The molecule has 2 aromatic heterocycles. The molecule has 0 saturated heterocycles. The predicted octanol–water partition coefficient (Wildman–Crippen LogP) is -1.62. The molecule has 21 heavy (non-hydrogen) atoms. The lowest BCUT2D eigenvalue weighted by atomic mass is 10.3. The molecule has 0 spiro atoms. The Labute approximate surface area is 122 Å². The van der Waals surface area contributed by atoms with Crippen molar-refractivity contribution in [3.63, 3.8) is 0 Å². The van der Waals surface area contributed by atoms with Crippen molar-refractivity contribution in [2.24, 2.45) is 14.1 Å². The van der Waals surface area contributed by atoms with Gasteiger partial charge in [-0.3, -0.25) is 9.36 Å². The Hall–Kier alpha value is -1.93. The quantitative estimate of drug-likeness (QED) is 0.667. The molecule has 0 fully saturated rings. The van der Waals surface area contributed by atoms with Gasteiger partial charge in [0.1, 0.15) is 19.3 Å². The summed E-state index contributed by atoms with van der Waals surface area (Å²) in [4.78, 5) is 20.5. The molecule has 2 aromatic rings. The molecular formula is C13H22N5O3+. The number of aryl methyl sites for hydroxylation is 1. The number of aliphatic hydroxyl groups is 1. The molecule has 3 N–H and O–H groups in total. The van der Waals surface area contributed by atoms with Crippen LogP contribution in [0.1, 0.15) is 13.8 Å². The normalized spacial score (nSPS) is 13.0. The molecule has 0 aliphatic carbocycles. The van der Waals surface area contributed by atoms with Gasteiger partial charge in [-0.15, -0.1) is 0 Å². The first kappa shape index (κ1) is 15.5. The summed E-state index contributed by atoms with van der Waals surface area (Å²) in [6.07, 6.45) is 0.915. The van der Waals surface area contributed by atoms with Crippen LogP contribution < -0.4 is 15.6 Å². The van der Waals surface area contributed by atoms with E-state index in [0.717, 1.165) is 0 Å². The van der Waals surface area contributed by atoms with Crippen molar-refractivity contribution in [1.82, 2.24) is 19.1 Å². The maximum atomic E-state index is 12.2. The van der Waals surface area contributed by atoms with Crippen molar-refractivity contribution >= 4 is 11.2 Å².